The van der Waals surface area contributed by atoms with E-state index in [1.165, 1.54) is 0 Å². The van der Waals surface area contributed by atoms with Gasteiger partial charge in [-0.15, -0.1) is 11.3 Å². The summed E-state index contributed by atoms with van der Waals surface area (Å²) in [5.74, 6) is -0.613. The van der Waals surface area contributed by atoms with Crippen molar-refractivity contribution >= 4 is 40.4 Å². The molecule has 0 aliphatic heterocycles. The Labute approximate surface area is 152 Å². The van der Waals surface area contributed by atoms with Gasteiger partial charge >= 0.3 is 0 Å². The molecule has 4 nitrogen and oxygen atoms in total. The average Bonchev–Trinajstić information content (AvgIpc) is 2.95. The average molecular weight is 374 g/mol. The molecule has 0 unspecified atom stereocenters. The molecule has 1 aromatic carbocycles. The Bertz CT molecular complexity index is 977. The number of halogens is 2. The third-order valence-electron chi connectivity index (χ3n) is 3.39. The number of aromatic nitrogens is 1. The Morgan fingerprint density at radius 2 is 1.92 bits per heavy atom. The minimum Gasteiger partial charge on any atom is -0.365 e. The van der Waals surface area contributed by atoms with Crippen LogP contribution >= 0.6 is 34.5 Å². The number of nitrogens with zero attached hydrogens (tertiary/aromatic N) is 2. The van der Waals surface area contributed by atoms with E-state index in [4.69, 9.17) is 28.9 Å². The molecule has 2 aromatic heterocycles. The van der Waals surface area contributed by atoms with E-state index in [1.807, 2.05) is 0 Å². The number of primary amides is 1. The van der Waals surface area contributed by atoms with Crippen LogP contribution < -0.4 is 5.73 Å². The lowest BCUT2D eigenvalue weighted by molar-refractivity contribution is 0.100. The first kappa shape index (κ1) is 16.5. The van der Waals surface area contributed by atoms with Crippen molar-refractivity contribution in [3.8, 4) is 27.6 Å². The van der Waals surface area contributed by atoms with Crippen LogP contribution in [0.3, 0.4) is 0 Å². The fraction of sp³-hybridized carbons (Fsp3) is 0. The van der Waals surface area contributed by atoms with Gasteiger partial charge in [0, 0.05) is 33.6 Å². The van der Waals surface area contributed by atoms with Crippen LogP contribution in [0.2, 0.25) is 10.0 Å². The molecule has 0 aliphatic carbocycles. The zero-order chi connectivity index (χ0) is 17.3. The van der Waals surface area contributed by atoms with E-state index in [0.29, 0.717) is 31.6 Å². The van der Waals surface area contributed by atoms with Gasteiger partial charge in [0.1, 0.15) is 10.9 Å². The minimum absolute atomic E-state index is 0.280. The van der Waals surface area contributed by atoms with Crippen LogP contribution in [0.4, 0.5) is 0 Å². The van der Waals surface area contributed by atoms with Crippen molar-refractivity contribution in [2.45, 2.75) is 0 Å². The lowest BCUT2D eigenvalue weighted by atomic mass is 9.98. The van der Waals surface area contributed by atoms with Gasteiger partial charge < -0.3 is 5.73 Å². The topological polar surface area (TPSA) is 79.8 Å². The molecule has 1 amide bonds. The Morgan fingerprint density at radius 3 is 2.50 bits per heavy atom. The second-order valence-electron chi connectivity index (χ2n) is 4.85. The first-order valence-electron chi connectivity index (χ1n) is 6.75. The van der Waals surface area contributed by atoms with E-state index < -0.39 is 5.91 Å². The highest BCUT2D eigenvalue weighted by atomic mass is 35.5. The van der Waals surface area contributed by atoms with Gasteiger partial charge in [0.15, 0.2) is 0 Å². The molecule has 0 saturated heterocycles. The van der Waals surface area contributed by atoms with Crippen molar-refractivity contribution in [2.75, 3.05) is 0 Å². The summed E-state index contributed by atoms with van der Waals surface area (Å²) in [6.07, 6.45) is 3.24. The standard InChI is InChI=1S/C17H9Cl2N3OS/c18-10-1-2-11(13(19)7-10)14-12(8-20)15(24-16(14)17(21)23)9-3-5-22-6-4-9/h1-7H,(H2,21,23). The van der Waals surface area contributed by atoms with Crippen LogP contribution in [0.15, 0.2) is 42.7 Å². The number of amides is 1. The number of benzene rings is 1. The van der Waals surface area contributed by atoms with E-state index >= 15 is 0 Å². The Hall–Kier alpha value is -2.39. The van der Waals surface area contributed by atoms with Gasteiger partial charge in [-0.3, -0.25) is 9.78 Å². The molecule has 0 radical (unpaired) electrons. The molecule has 3 rings (SSSR count). The number of hydrogen-bond acceptors (Lipinski definition) is 4. The Morgan fingerprint density at radius 1 is 1.21 bits per heavy atom. The number of hydrogen-bond donors (Lipinski definition) is 1. The molecule has 0 saturated carbocycles. The number of carbonyl (C=O) groups is 1. The highest BCUT2D eigenvalue weighted by molar-refractivity contribution is 7.18. The molecule has 24 heavy (non-hydrogen) atoms. The maximum atomic E-state index is 11.9. The smallest absolute Gasteiger partial charge is 0.259 e. The third kappa shape index (κ3) is 2.87. The second kappa shape index (κ2) is 6.62. The molecular weight excluding hydrogens is 365 g/mol. The lowest BCUT2D eigenvalue weighted by Gasteiger charge is -2.06. The number of rotatable bonds is 3. The summed E-state index contributed by atoms with van der Waals surface area (Å²) < 4.78 is 0. The molecule has 0 spiro atoms. The Balaban J connectivity index is 2.35. The zero-order valence-electron chi connectivity index (χ0n) is 12.1. The highest BCUT2D eigenvalue weighted by Crippen LogP contribution is 2.44. The Kier molecular flexibility index (Phi) is 4.54. The summed E-state index contributed by atoms with van der Waals surface area (Å²) in [6, 6.07) is 10.6. The van der Waals surface area contributed by atoms with Crippen molar-refractivity contribution in [3.63, 3.8) is 0 Å². The molecule has 7 heteroatoms. The highest BCUT2D eigenvalue weighted by Gasteiger charge is 2.25. The number of carbonyl (C=O) groups excluding carboxylic acids is 1. The van der Waals surface area contributed by atoms with Gasteiger partial charge in [-0.05, 0) is 29.8 Å². The normalized spacial score (nSPS) is 10.4. The third-order valence-corrected chi connectivity index (χ3v) is 5.19. The van der Waals surface area contributed by atoms with Crippen LogP contribution in [0, 0.1) is 11.3 Å². The van der Waals surface area contributed by atoms with E-state index in [9.17, 15) is 10.1 Å². The van der Waals surface area contributed by atoms with Crippen molar-refractivity contribution in [1.29, 1.82) is 5.26 Å². The maximum absolute atomic E-state index is 11.9. The summed E-state index contributed by atoms with van der Waals surface area (Å²) in [4.78, 5) is 16.8. The van der Waals surface area contributed by atoms with E-state index in [2.05, 4.69) is 11.1 Å². The monoisotopic (exact) mass is 373 g/mol. The largest absolute Gasteiger partial charge is 0.365 e. The lowest BCUT2D eigenvalue weighted by Crippen LogP contribution is -2.10. The molecule has 118 valence electrons. The van der Waals surface area contributed by atoms with Crippen molar-refractivity contribution < 1.29 is 4.79 Å². The molecule has 0 aliphatic rings. The summed E-state index contributed by atoms with van der Waals surface area (Å²) in [5, 5.41) is 10.5. The van der Waals surface area contributed by atoms with E-state index in [-0.39, 0.29) is 4.88 Å². The predicted octanol–water partition coefficient (Wildman–Crippen LogP) is 4.75. The molecule has 2 heterocycles. The fourth-order valence-corrected chi connectivity index (χ4v) is 3.99. The zero-order valence-corrected chi connectivity index (χ0v) is 14.4. The van der Waals surface area contributed by atoms with Gasteiger partial charge in [0.25, 0.3) is 5.91 Å². The van der Waals surface area contributed by atoms with Gasteiger partial charge in [0.2, 0.25) is 0 Å². The van der Waals surface area contributed by atoms with Crippen LogP contribution in [0.5, 0.6) is 0 Å². The number of nitriles is 1. The first-order valence-corrected chi connectivity index (χ1v) is 8.32. The van der Waals surface area contributed by atoms with Gasteiger partial charge in [-0.2, -0.15) is 5.26 Å². The quantitative estimate of drug-likeness (QED) is 0.718. The van der Waals surface area contributed by atoms with Crippen molar-refractivity contribution in [3.05, 3.63) is 63.2 Å². The van der Waals surface area contributed by atoms with E-state index in [0.717, 1.165) is 16.9 Å². The molecular formula is C17H9Cl2N3OS. The van der Waals surface area contributed by atoms with Gasteiger partial charge in [-0.25, -0.2) is 0 Å². The van der Waals surface area contributed by atoms with Crippen molar-refractivity contribution in [1.82, 2.24) is 4.98 Å². The number of thiophene rings is 1. The van der Waals surface area contributed by atoms with Gasteiger partial charge in [0.05, 0.1) is 10.4 Å². The fourth-order valence-electron chi connectivity index (χ4n) is 2.37. The van der Waals surface area contributed by atoms with Crippen LogP contribution in [0.1, 0.15) is 15.2 Å². The molecule has 0 bridgehead atoms. The summed E-state index contributed by atoms with van der Waals surface area (Å²) in [7, 11) is 0. The summed E-state index contributed by atoms with van der Waals surface area (Å²) in [6.45, 7) is 0. The minimum atomic E-state index is -0.613. The SMILES string of the molecule is N#Cc1c(-c2ccncc2)sc(C(N)=O)c1-c1ccc(Cl)cc1Cl. The van der Waals surface area contributed by atoms with Crippen LogP contribution in [-0.2, 0) is 0 Å². The molecule has 2 N–H and O–H groups in total. The van der Waals surface area contributed by atoms with Crippen LogP contribution in [-0.4, -0.2) is 10.9 Å². The number of nitrogens with two attached hydrogens (primary N) is 1. The van der Waals surface area contributed by atoms with Crippen LogP contribution in [0.25, 0.3) is 21.6 Å². The summed E-state index contributed by atoms with van der Waals surface area (Å²) in [5.41, 5.74) is 7.64. The predicted molar refractivity (Wildman–Crippen MR) is 96.2 cm³/mol. The van der Waals surface area contributed by atoms with Gasteiger partial charge in [-0.1, -0.05) is 29.3 Å². The van der Waals surface area contributed by atoms with E-state index in [1.54, 1.807) is 42.7 Å². The summed E-state index contributed by atoms with van der Waals surface area (Å²) >= 11 is 13.4. The molecule has 3 aromatic rings. The van der Waals surface area contributed by atoms with Crippen molar-refractivity contribution in [2.24, 2.45) is 5.73 Å². The maximum Gasteiger partial charge on any atom is 0.259 e. The second-order valence-corrected chi connectivity index (χ2v) is 6.71. The molecule has 0 fully saturated rings. The number of pyridine rings is 1. The molecule has 0 atom stereocenters. The first-order chi connectivity index (χ1) is 11.5.